The van der Waals surface area contributed by atoms with Crippen molar-refractivity contribution in [3.8, 4) is 0 Å². The highest BCUT2D eigenvalue weighted by atomic mass is 35.5. The van der Waals surface area contributed by atoms with Crippen molar-refractivity contribution < 1.29 is 0 Å². The number of nitrogen functional groups attached to an aromatic ring is 1. The number of rotatable bonds is 2. The van der Waals surface area contributed by atoms with Crippen molar-refractivity contribution in [2.45, 2.75) is 13.0 Å². The van der Waals surface area contributed by atoms with Crippen LogP contribution in [0.25, 0.3) is 0 Å². The summed E-state index contributed by atoms with van der Waals surface area (Å²) < 4.78 is 0. The molecule has 1 aliphatic rings. The molecule has 0 atom stereocenters. The van der Waals surface area contributed by atoms with E-state index in [1.165, 1.54) is 11.3 Å². The van der Waals surface area contributed by atoms with Crippen LogP contribution in [0.1, 0.15) is 11.1 Å². The van der Waals surface area contributed by atoms with Crippen LogP contribution in [0.4, 0.5) is 11.4 Å². The molecule has 2 aromatic carbocycles. The lowest BCUT2D eigenvalue weighted by atomic mass is 10.1. The Hall–Kier alpha value is -1.67. The molecule has 0 radical (unpaired) electrons. The highest BCUT2D eigenvalue weighted by Crippen LogP contribution is 2.30. The molecule has 2 N–H and O–H groups in total. The van der Waals surface area contributed by atoms with Crippen LogP contribution in [0, 0.1) is 0 Å². The second-order valence-electron chi connectivity index (χ2n) is 4.64. The predicted octanol–water partition coefficient (Wildman–Crippen LogP) is 3.48. The summed E-state index contributed by atoms with van der Waals surface area (Å²) in [6.45, 7) is 1.87. The van der Waals surface area contributed by atoms with Gasteiger partial charge in [0.1, 0.15) is 0 Å². The molecule has 0 unspecified atom stereocenters. The van der Waals surface area contributed by atoms with Crippen molar-refractivity contribution in [1.82, 2.24) is 0 Å². The van der Waals surface area contributed by atoms with Crippen LogP contribution in [0.5, 0.6) is 0 Å². The number of nitrogens with two attached hydrogens (primary N) is 1. The quantitative estimate of drug-likeness (QED) is 0.836. The van der Waals surface area contributed by atoms with E-state index in [0.717, 1.165) is 35.8 Å². The molecule has 0 saturated heterocycles. The minimum absolute atomic E-state index is 0.742. The van der Waals surface area contributed by atoms with Gasteiger partial charge in [0.15, 0.2) is 0 Å². The molecule has 0 spiro atoms. The van der Waals surface area contributed by atoms with Gasteiger partial charge in [0.25, 0.3) is 0 Å². The Bertz CT molecular complexity index is 580. The number of nitrogens with zero attached hydrogens (tertiary/aromatic N) is 1. The lowest BCUT2D eigenvalue weighted by Crippen LogP contribution is -2.20. The zero-order valence-corrected chi connectivity index (χ0v) is 10.8. The van der Waals surface area contributed by atoms with Crippen LogP contribution in [-0.2, 0) is 13.0 Å². The molecule has 0 aliphatic carbocycles. The minimum atomic E-state index is 0.742. The Labute approximate surface area is 112 Å². The lowest BCUT2D eigenvalue weighted by Gasteiger charge is -2.20. The minimum Gasteiger partial charge on any atom is -0.398 e. The van der Waals surface area contributed by atoms with E-state index in [4.69, 9.17) is 17.3 Å². The molecule has 3 heteroatoms. The van der Waals surface area contributed by atoms with E-state index < -0.39 is 0 Å². The standard InChI is InChI=1S/C15H15ClN2/c16-13-5-6-14(17)12(9-13)10-18-8-7-11-3-1-2-4-15(11)18/h1-6,9H,7-8,10,17H2. The number of para-hydroxylation sites is 1. The van der Waals surface area contributed by atoms with Crippen LogP contribution in [0.3, 0.4) is 0 Å². The summed E-state index contributed by atoms with van der Waals surface area (Å²) >= 11 is 6.03. The van der Waals surface area contributed by atoms with Crippen LogP contribution >= 0.6 is 11.6 Å². The number of hydrogen-bond donors (Lipinski definition) is 1. The maximum absolute atomic E-state index is 6.03. The van der Waals surface area contributed by atoms with E-state index in [-0.39, 0.29) is 0 Å². The fraction of sp³-hybridized carbons (Fsp3) is 0.200. The molecule has 0 fully saturated rings. The number of anilines is 2. The number of halogens is 1. The zero-order chi connectivity index (χ0) is 12.5. The van der Waals surface area contributed by atoms with Crippen LogP contribution in [0.2, 0.25) is 5.02 Å². The SMILES string of the molecule is Nc1ccc(Cl)cc1CN1CCc2ccccc21. The Kier molecular flexibility index (Phi) is 2.88. The predicted molar refractivity (Wildman–Crippen MR) is 77.1 cm³/mol. The topological polar surface area (TPSA) is 29.3 Å². The Morgan fingerprint density at radius 2 is 2.00 bits per heavy atom. The maximum Gasteiger partial charge on any atom is 0.0450 e. The Morgan fingerprint density at radius 1 is 1.17 bits per heavy atom. The molecular weight excluding hydrogens is 244 g/mol. The Balaban J connectivity index is 1.88. The first-order valence-corrected chi connectivity index (χ1v) is 6.48. The number of benzene rings is 2. The third-order valence-corrected chi connectivity index (χ3v) is 3.68. The van der Waals surface area contributed by atoms with E-state index in [1.54, 1.807) is 0 Å². The van der Waals surface area contributed by atoms with Crippen molar-refractivity contribution in [3.05, 3.63) is 58.6 Å². The van der Waals surface area contributed by atoms with Crippen molar-refractivity contribution in [3.63, 3.8) is 0 Å². The second kappa shape index (κ2) is 4.54. The van der Waals surface area contributed by atoms with Crippen molar-refractivity contribution in [1.29, 1.82) is 0 Å². The molecule has 3 rings (SSSR count). The Morgan fingerprint density at radius 3 is 2.89 bits per heavy atom. The summed E-state index contributed by atoms with van der Waals surface area (Å²) in [6, 6.07) is 14.2. The van der Waals surface area contributed by atoms with Gasteiger partial charge in [0.05, 0.1) is 0 Å². The van der Waals surface area contributed by atoms with Crippen molar-refractivity contribution >= 4 is 23.0 Å². The lowest BCUT2D eigenvalue weighted by molar-refractivity contribution is 0.837. The summed E-state index contributed by atoms with van der Waals surface area (Å²) in [7, 11) is 0. The molecule has 92 valence electrons. The van der Waals surface area contributed by atoms with Gasteiger partial charge >= 0.3 is 0 Å². The first-order valence-electron chi connectivity index (χ1n) is 6.11. The fourth-order valence-corrected chi connectivity index (χ4v) is 2.68. The average molecular weight is 259 g/mol. The molecular formula is C15H15ClN2. The summed E-state index contributed by atoms with van der Waals surface area (Å²) in [6.07, 6.45) is 1.11. The van der Waals surface area contributed by atoms with Gasteiger partial charge in [-0.05, 0) is 41.8 Å². The largest absolute Gasteiger partial charge is 0.398 e. The van der Waals surface area contributed by atoms with Crippen LogP contribution < -0.4 is 10.6 Å². The molecule has 2 nitrogen and oxygen atoms in total. The number of fused-ring (bicyclic) bond motifs is 1. The second-order valence-corrected chi connectivity index (χ2v) is 5.08. The van der Waals surface area contributed by atoms with Gasteiger partial charge in [0, 0.05) is 29.5 Å². The summed E-state index contributed by atoms with van der Waals surface area (Å²) in [5, 5.41) is 0.742. The van der Waals surface area contributed by atoms with E-state index in [0.29, 0.717) is 0 Å². The van der Waals surface area contributed by atoms with Gasteiger partial charge in [-0.1, -0.05) is 29.8 Å². The van der Waals surface area contributed by atoms with Gasteiger partial charge in [-0.25, -0.2) is 0 Å². The zero-order valence-electron chi connectivity index (χ0n) is 10.1. The highest BCUT2D eigenvalue weighted by molar-refractivity contribution is 6.30. The normalized spacial score (nSPS) is 13.7. The van der Waals surface area contributed by atoms with E-state index >= 15 is 0 Å². The first kappa shape index (κ1) is 11.4. The van der Waals surface area contributed by atoms with Crippen molar-refractivity contribution in [2.24, 2.45) is 0 Å². The monoisotopic (exact) mass is 258 g/mol. The molecule has 1 aliphatic heterocycles. The van der Waals surface area contributed by atoms with E-state index in [2.05, 4.69) is 29.2 Å². The van der Waals surface area contributed by atoms with Crippen LogP contribution in [0.15, 0.2) is 42.5 Å². The summed E-state index contributed by atoms with van der Waals surface area (Å²) in [4.78, 5) is 2.36. The van der Waals surface area contributed by atoms with E-state index in [9.17, 15) is 0 Å². The third kappa shape index (κ3) is 2.04. The van der Waals surface area contributed by atoms with E-state index in [1.807, 2.05) is 18.2 Å². The van der Waals surface area contributed by atoms with Crippen molar-refractivity contribution in [2.75, 3.05) is 17.2 Å². The van der Waals surface area contributed by atoms with Gasteiger partial charge < -0.3 is 10.6 Å². The average Bonchev–Trinajstić information content (AvgIpc) is 2.78. The molecule has 0 amide bonds. The molecule has 18 heavy (non-hydrogen) atoms. The molecule has 0 aromatic heterocycles. The first-order chi connectivity index (χ1) is 8.74. The number of hydrogen-bond acceptors (Lipinski definition) is 2. The third-order valence-electron chi connectivity index (χ3n) is 3.45. The van der Waals surface area contributed by atoms with Gasteiger partial charge in [-0.2, -0.15) is 0 Å². The maximum atomic E-state index is 6.03. The molecule has 0 saturated carbocycles. The smallest absolute Gasteiger partial charge is 0.0450 e. The summed E-state index contributed by atoms with van der Waals surface area (Å²) in [5.74, 6) is 0. The molecule has 2 aromatic rings. The highest BCUT2D eigenvalue weighted by Gasteiger charge is 2.18. The van der Waals surface area contributed by atoms with Gasteiger partial charge in [-0.15, -0.1) is 0 Å². The molecule has 1 heterocycles. The van der Waals surface area contributed by atoms with Gasteiger partial charge in [0.2, 0.25) is 0 Å². The summed E-state index contributed by atoms with van der Waals surface area (Å²) in [5.41, 5.74) is 10.6. The van der Waals surface area contributed by atoms with Gasteiger partial charge in [-0.3, -0.25) is 0 Å². The molecule has 0 bridgehead atoms. The van der Waals surface area contributed by atoms with Crippen LogP contribution in [-0.4, -0.2) is 6.54 Å². The fourth-order valence-electron chi connectivity index (χ4n) is 2.49.